The van der Waals surface area contributed by atoms with Crippen LogP contribution in [0.4, 0.5) is 5.69 Å². The molecular formula is C25H25N3O3. The van der Waals surface area contributed by atoms with E-state index in [1.165, 1.54) is 23.8 Å². The smallest absolute Gasteiger partial charge is 0.269 e. The molecule has 0 aliphatic rings. The van der Waals surface area contributed by atoms with Crippen molar-refractivity contribution in [2.75, 3.05) is 13.1 Å². The highest BCUT2D eigenvalue weighted by Crippen LogP contribution is 2.13. The molecule has 0 radical (unpaired) electrons. The Bertz CT molecular complexity index is 1000. The molecule has 0 fully saturated rings. The highest BCUT2D eigenvalue weighted by molar-refractivity contribution is 5.91. The van der Waals surface area contributed by atoms with Crippen LogP contribution in [0.25, 0.3) is 6.08 Å². The van der Waals surface area contributed by atoms with E-state index >= 15 is 0 Å². The second kappa shape index (κ2) is 11.4. The molecule has 158 valence electrons. The van der Waals surface area contributed by atoms with Crippen LogP contribution in [0.3, 0.4) is 0 Å². The van der Waals surface area contributed by atoms with Gasteiger partial charge in [0.05, 0.1) is 4.92 Å². The number of hydrogen-bond donors (Lipinski definition) is 1. The van der Waals surface area contributed by atoms with Gasteiger partial charge in [-0.1, -0.05) is 60.7 Å². The molecule has 0 saturated carbocycles. The number of nitro groups is 1. The molecule has 0 aliphatic heterocycles. The van der Waals surface area contributed by atoms with Crippen LogP contribution in [0.2, 0.25) is 0 Å². The normalized spacial score (nSPS) is 10.8. The van der Waals surface area contributed by atoms with Gasteiger partial charge < -0.3 is 10.2 Å². The van der Waals surface area contributed by atoms with Crippen molar-refractivity contribution < 1.29 is 9.72 Å². The molecule has 1 N–H and O–H groups in total. The molecule has 0 saturated heterocycles. The maximum Gasteiger partial charge on any atom is 0.269 e. The maximum atomic E-state index is 12.9. The fourth-order valence-electron chi connectivity index (χ4n) is 3.09. The molecule has 6 heteroatoms. The zero-order chi connectivity index (χ0) is 21.9. The van der Waals surface area contributed by atoms with Crippen molar-refractivity contribution in [3.8, 4) is 0 Å². The van der Waals surface area contributed by atoms with Gasteiger partial charge >= 0.3 is 0 Å². The number of nitrogens with one attached hydrogen (secondary N) is 1. The maximum absolute atomic E-state index is 12.9. The van der Waals surface area contributed by atoms with Gasteiger partial charge in [-0.25, -0.2) is 0 Å². The lowest BCUT2D eigenvalue weighted by Crippen LogP contribution is -2.35. The molecule has 0 unspecified atom stereocenters. The predicted octanol–water partition coefficient (Wildman–Crippen LogP) is 4.43. The number of nitro benzene ring substituents is 1. The van der Waals surface area contributed by atoms with Crippen LogP contribution in [0, 0.1) is 10.1 Å². The number of rotatable bonds is 10. The Morgan fingerprint density at radius 3 is 2.13 bits per heavy atom. The fraction of sp³-hybridized carbons (Fsp3) is 0.160. The monoisotopic (exact) mass is 415 g/mol. The van der Waals surface area contributed by atoms with Gasteiger partial charge in [-0.05, 0) is 34.9 Å². The van der Waals surface area contributed by atoms with E-state index in [1.807, 2.05) is 48.5 Å². The Hall–Kier alpha value is -3.77. The van der Waals surface area contributed by atoms with Gasteiger partial charge in [0.25, 0.3) is 5.69 Å². The van der Waals surface area contributed by atoms with E-state index in [1.54, 1.807) is 23.1 Å². The molecule has 0 atom stereocenters. The van der Waals surface area contributed by atoms with Crippen molar-refractivity contribution in [2.45, 2.75) is 13.1 Å². The third-order valence-electron chi connectivity index (χ3n) is 4.78. The van der Waals surface area contributed by atoms with E-state index in [0.717, 1.165) is 17.7 Å². The van der Waals surface area contributed by atoms with Gasteiger partial charge in [0, 0.05) is 44.4 Å². The summed E-state index contributed by atoms with van der Waals surface area (Å²) in [5, 5.41) is 14.2. The van der Waals surface area contributed by atoms with Crippen LogP contribution in [-0.2, 0) is 17.9 Å². The minimum absolute atomic E-state index is 0.0265. The third kappa shape index (κ3) is 7.21. The van der Waals surface area contributed by atoms with E-state index < -0.39 is 4.92 Å². The molecule has 0 heterocycles. The van der Waals surface area contributed by atoms with Crippen molar-refractivity contribution in [1.82, 2.24) is 10.2 Å². The van der Waals surface area contributed by atoms with Crippen molar-refractivity contribution in [2.24, 2.45) is 0 Å². The highest BCUT2D eigenvalue weighted by atomic mass is 16.6. The van der Waals surface area contributed by atoms with Crippen LogP contribution in [0.15, 0.2) is 91.0 Å². The molecule has 3 aromatic carbocycles. The highest BCUT2D eigenvalue weighted by Gasteiger charge is 2.11. The van der Waals surface area contributed by atoms with Crippen molar-refractivity contribution in [3.63, 3.8) is 0 Å². The SMILES string of the molecule is O=C(/C=C/c1ccc([N+](=O)[O-])cc1)N(CCNCc1ccccc1)Cc1ccccc1. The van der Waals surface area contributed by atoms with E-state index in [-0.39, 0.29) is 11.6 Å². The summed E-state index contributed by atoms with van der Waals surface area (Å²) >= 11 is 0. The topological polar surface area (TPSA) is 75.5 Å². The molecule has 3 rings (SSSR count). The van der Waals surface area contributed by atoms with Gasteiger partial charge in [0.2, 0.25) is 5.91 Å². The number of amides is 1. The summed E-state index contributed by atoms with van der Waals surface area (Å²) in [6, 6.07) is 26.1. The first-order chi connectivity index (χ1) is 15.1. The summed E-state index contributed by atoms with van der Waals surface area (Å²) in [5.41, 5.74) is 3.02. The van der Waals surface area contributed by atoms with Gasteiger partial charge in [0.1, 0.15) is 0 Å². The molecule has 0 aliphatic carbocycles. The van der Waals surface area contributed by atoms with Crippen molar-refractivity contribution >= 4 is 17.7 Å². The molecule has 0 spiro atoms. The first-order valence-corrected chi connectivity index (χ1v) is 10.1. The molecular weight excluding hydrogens is 390 g/mol. The van der Waals surface area contributed by atoms with Gasteiger partial charge in [0.15, 0.2) is 0 Å². The van der Waals surface area contributed by atoms with E-state index in [2.05, 4.69) is 17.4 Å². The lowest BCUT2D eigenvalue weighted by molar-refractivity contribution is -0.384. The van der Waals surface area contributed by atoms with Crippen LogP contribution < -0.4 is 5.32 Å². The summed E-state index contributed by atoms with van der Waals surface area (Å²) in [6.07, 6.45) is 3.20. The number of benzene rings is 3. The Morgan fingerprint density at radius 2 is 1.52 bits per heavy atom. The Morgan fingerprint density at radius 1 is 0.903 bits per heavy atom. The second-order valence-electron chi connectivity index (χ2n) is 7.09. The van der Waals surface area contributed by atoms with E-state index in [9.17, 15) is 14.9 Å². The van der Waals surface area contributed by atoms with Crippen LogP contribution in [0.5, 0.6) is 0 Å². The average molecular weight is 415 g/mol. The summed E-state index contributed by atoms with van der Waals surface area (Å²) < 4.78 is 0. The summed E-state index contributed by atoms with van der Waals surface area (Å²) in [7, 11) is 0. The average Bonchev–Trinajstić information content (AvgIpc) is 2.81. The molecule has 0 bridgehead atoms. The lowest BCUT2D eigenvalue weighted by Gasteiger charge is -2.22. The number of nitrogens with zero attached hydrogens (tertiary/aromatic N) is 2. The Balaban J connectivity index is 1.61. The number of carbonyl (C=O) groups is 1. The van der Waals surface area contributed by atoms with Gasteiger partial charge in [-0.3, -0.25) is 14.9 Å². The van der Waals surface area contributed by atoms with Crippen molar-refractivity contribution in [1.29, 1.82) is 0 Å². The summed E-state index contributed by atoms with van der Waals surface area (Å²) in [5.74, 6) is -0.108. The Labute approximate surface area is 182 Å². The van der Waals surface area contributed by atoms with E-state index in [4.69, 9.17) is 0 Å². The minimum Gasteiger partial charge on any atom is -0.334 e. The molecule has 6 nitrogen and oxygen atoms in total. The van der Waals surface area contributed by atoms with Crippen molar-refractivity contribution in [3.05, 3.63) is 118 Å². The lowest BCUT2D eigenvalue weighted by atomic mass is 10.2. The van der Waals surface area contributed by atoms with Gasteiger partial charge in [-0.2, -0.15) is 0 Å². The van der Waals surface area contributed by atoms with Crippen LogP contribution >= 0.6 is 0 Å². The quantitative estimate of drug-likeness (QED) is 0.230. The third-order valence-corrected chi connectivity index (χ3v) is 4.78. The first kappa shape index (κ1) is 21.9. The second-order valence-corrected chi connectivity index (χ2v) is 7.09. The predicted molar refractivity (Wildman–Crippen MR) is 122 cm³/mol. The first-order valence-electron chi connectivity index (χ1n) is 10.1. The number of carbonyl (C=O) groups excluding carboxylic acids is 1. The minimum atomic E-state index is -0.442. The standard InChI is InChI=1S/C25H25N3O3/c29-25(16-13-21-11-14-24(15-12-21)28(30)31)27(20-23-9-5-2-6-10-23)18-17-26-19-22-7-3-1-4-8-22/h1-16,26H,17-20H2/b16-13+. The summed E-state index contributed by atoms with van der Waals surface area (Å²) in [4.78, 5) is 25.0. The zero-order valence-corrected chi connectivity index (χ0v) is 17.2. The largest absolute Gasteiger partial charge is 0.334 e. The zero-order valence-electron chi connectivity index (χ0n) is 17.2. The van der Waals surface area contributed by atoms with Crippen LogP contribution in [0.1, 0.15) is 16.7 Å². The van der Waals surface area contributed by atoms with Crippen LogP contribution in [-0.4, -0.2) is 28.8 Å². The molecule has 1 amide bonds. The fourth-order valence-corrected chi connectivity index (χ4v) is 3.09. The molecule has 31 heavy (non-hydrogen) atoms. The summed E-state index contributed by atoms with van der Waals surface area (Å²) in [6.45, 7) is 2.48. The Kier molecular flexibility index (Phi) is 8.08. The van der Waals surface area contributed by atoms with E-state index in [0.29, 0.717) is 19.6 Å². The van der Waals surface area contributed by atoms with Gasteiger partial charge in [-0.15, -0.1) is 0 Å². The number of non-ortho nitro benzene ring substituents is 1. The number of hydrogen-bond acceptors (Lipinski definition) is 4. The molecule has 0 aromatic heterocycles. The molecule has 3 aromatic rings.